The van der Waals surface area contributed by atoms with Crippen LogP contribution in [0.5, 0.6) is 0 Å². The van der Waals surface area contributed by atoms with Crippen molar-refractivity contribution in [2.75, 3.05) is 0 Å². The maximum absolute atomic E-state index is 10.2. The van der Waals surface area contributed by atoms with Crippen LogP contribution >= 0.6 is 0 Å². The average molecular weight is 978 g/mol. The van der Waals surface area contributed by atoms with E-state index in [9.17, 15) is 24.9 Å². The van der Waals surface area contributed by atoms with Crippen LogP contribution in [0.25, 0.3) is 0 Å². The van der Waals surface area contributed by atoms with E-state index in [0.29, 0.717) is 10.8 Å². The van der Waals surface area contributed by atoms with Gasteiger partial charge in [-0.2, -0.15) is 0 Å². The molecule has 400 valence electrons. The zero-order valence-corrected chi connectivity index (χ0v) is 48.7. The Kier molecular flexibility index (Phi) is 39.2. The van der Waals surface area contributed by atoms with Crippen LogP contribution in [0.15, 0.2) is 11.6 Å². The summed E-state index contributed by atoms with van der Waals surface area (Å²) in [5.41, 5.74) is 2.60. The standard InChI is InChI=1S/C27H46O.2C18H36O2.Mg/c1-18(2)7-6-8-19(3)23-11-12-24-22-10-9-20-17-21(28)13-15-26(20,4)25(22)14-16-27(23,24)5;2*1-2-3-4-5-6-7-8-9-10-11-12-13-14-15-16-17-18(19)20;/h9,18-19,21-25,28H,6-8,10-17H2,1-5H3;2*2-17H2,1H3,(H,19,20);/q;;;+2/p-2/t19-,21+,22+,23-,24+,25+,26+,27-;;;/m1.../s1. The first-order valence-corrected chi connectivity index (χ1v) is 30.6. The maximum Gasteiger partial charge on any atom is 2.00 e. The van der Waals surface area contributed by atoms with Crippen molar-refractivity contribution < 1.29 is 24.9 Å². The van der Waals surface area contributed by atoms with Crippen molar-refractivity contribution in [3.63, 3.8) is 0 Å². The molecule has 3 saturated carbocycles. The van der Waals surface area contributed by atoms with E-state index in [-0.39, 0.29) is 42.0 Å². The number of fused-ring (bicyclic) bond motifs is 5. The topological polar surface area (TPSA) is 100 Å². The number of carbonyl (C=O) groups excluding carboxylic acids is 2. The number of carboxylic acids is 2. The summed E-state index contributed by atoms with van der Waals surface area (Å²) in [6.07, 6.45) is 56.9. The third-order valence-electron chi connectivity index (χ3n) is 18.2. The molecule has 3 fully saturated rings. The van der Waals surface area contributed by atoms with Crippen LogP contribution < -0.4 is 10.2 Å². The number of hydrogen-bond acceptors (Lipinski definition) is 5. The van der Waals surface area contributed by atoms with E-state index in [1.165, 1.54) is 225 Å². The molecule has 0 amide bonds. The zero-order chi connectivity index (χ0) is 49.9. The van der Waals surface area contributed by atoms with Gasteiger partial charge in [-0.3, -0.25) is 0 Å². The third kappa shape index (κ3) is 28.0. The number of carboxylic acid groups (broad SMARTS) is 2. The molecule has 4 aliphatic rings. The second kappa shape index (κ2) is 40.8. The molecule has 1 N–H and O–H groups in total. The van der Waals surface area contributed by atoms with Crippen LogP contribution in [-0.4, -0.2) is 46.2 Å². The SMILES string of the molecule is CC(C)CCC[C@@H](C)[C@H]1CC[C@H]2[C@@H]3CC=C4C[C@@H](O)CC[C@]4(C)[C@H]3CC[C@]12C.CCCCCCCCCCCCCCCCCC(=O)[O-].CCCCCCCCCCCCCCCCCC(=O)[O-].[Mg+2]. The number of unbranched alkanes of at least 4 members (excludes halogenated alkanes) is 28. The summed E-state index contributed by atoms with van der Waals surface area (Å²) in [4.78, 5) is 20.4. The van der Waals surface area contributed by atoms with Crippen molar-refractivity contribution in [1.29, 1.82) is 0 Å². The normalized spacial score (nSPS) is 25.2. The smallest absolute Gasteiger partial charge is 0.550 e. The number of carbonyl (C=O) groups is 2. The van der Waals surface area contributed by atoms with Crippen molar-refractivity contribution in [2.24, 2.45) is 46.3 Å². The number of aliphatic hydroxyl groups is 1. The number of allylic oxidation sites excluding steroid dienone is 1. The molecule has 0 heterocycles. The molecule has 69 heavy (non-hydrogen) atoms. The molecule has 0 bridgehead atoms. The van der Waals surface area contributed by atoms with Gasteiger partial charge >= 0.3 is 23.1 Å². The molecule has 0 aromatic carbocycles. The predicted octanol–water partition coefficient (Wildman–Crippen LogP) is 17.0. The van der Waals surface area contributed by atoms with Gasteiger partial charge in [0.05, 0.1) is 6.10 Å². The monoisotopic (exact) mass is 977 g/mol. The van der Waals surface area contributed by atoms with Gasteiger partial charge in [0.1, 0.15) is 0 Å². The quantitative estimate of drug-likeness (QED) is 0.0380. The maximum atomic E-state index is 10.2. The Morgan fingerprint density at radius 1 is 0.551 bits per heavy atom. The molecule has 4 aliphatic carbocycles. The van der Waals surface area contributed by atoms with Gasteiger partial charge in [-0.05, 0) is 123 Å². The summed E-state index contributed by atoms with van der Waals surface area (Å²) in [6.45, 7) is 17.1. The molecular formula is C63H116MgO5. The molecule has 8 atom stereocenters. The van der Waals surface area contributed by atoms with Crippen molar-refractivity contribution in [1.82, 2.24) is 0 Å². The van der Waals surface area contributed by atoms with E-state index in [4.69, 9.17) is 0 Å². The van der Waals surface area contributed by atoms with E-state index in [0.717, 1.165) is 74.0 Å². The summed E-state index contributed by atoms with van der Waals surface area (Å²) in [6, 6.07) is 0. The minimum absolute atomic E-state index is 0. The van der Waals surface area contributed by atoms with Crippen molar-refractivity contribution in [2.45, 2.75) is 331 Å². The Hall–Kier alpha value is -0.594. The fourth-order valence-electron chi connectivity index (χ4n) is 13.9. The van der Waals surface area contributed by atoms with Crippen LogP contribution in [0.4, 0.5) is 0 Å². The van der Waals surface area contributed by atoms with Crippen molar-refractivity contribution in [3.05, 3.63) is 11.6 Å². The first kappa shape index (κ1) is 66.4. The second-order valence-electron chi connectivity index (χ2n) is 24.3. The molecule has 0 saturated heterocycles. The zero-order valence-electron chi connectivity index (χ0n) is 47.3. The summed E-state index contributed by atoms with van der Waals surface area (Å²) >= 11 is 0. The van der Waals surface area contributed by atoms with Gasteiger partial charge in [-0.15, -0.1) is 0 Å². The number of hydrogen-bond donors (Lipinski definition) is 1. The average Bonchev–Trinajstić information content (AvgIpc) is 3.66. The first-order chi connectivity index (χ1) is 32.8. The molecule has 0 radical (unpaired) electrons. The number of aliphatic carboxylic acids is 2. The van der Waals surface area contributed by atoms with Crippen LogP contribution in [0.2, 0.25) is 0 Å². The molecule has 5 nitrogen and oxygen atoms in total. The van der Waals surface area contributed by atoms with Crippen LogP contribution in [-0.2, 0) is 9.59 Å². The third-order valence-corrected chi connectivity index (χ3v) is 18.2. The number of rotatable bonds is 37. The van der Waals surface area contributed by atoms with Crippen molar-refractivity contribution in [3.8, 4) is 0 Å². The minimum atomic E-state index is -0.903. The van der Waals surface area contributed by atoms with Gasteiger partial charge in [0, 0.05) is 11.9 Å². The minimum Gasteiger partial charge on any atom is -0.550 e. The summed E-state index contributed by atoms with van der Waals surface area (Å²) in [7, 11) is 0. The molecule has 0 aromatic rings. The summed E-state index contributed by atoms with van der Waals surface area (Å²) in [5.74, 6) is 3.65. The first-order valence-electron chi connectivity index (χ1n) is 30.6. The summed E-state index contributed by atoms with van der Waals surface area (Å²) in [5, 5.41) is 30.7. The molecular weight excluding hydrogens is 861 g/mol. The molecule has 4 rings (SSSR count). The van der Waals surface area contributed by atoms with Crippen LogP contribution in [0, 0.1) is 46.3 Å². The van der Waals surface area contributed by atoms with E-state index >= 15 is 0 Å². The molecule has 0 aromatic heterocycles. The van der Waals surface area contributed by atoms with E-state index in [2.05, 4.69) is 54.5 Å². The van der Waals surface area contributed by atoms with Gasteiger partial charge < -0.3 is 24.9 Å². The van der Waals surface area contributed by atoms with Crippen LogP contribution in [0.3, 0.4) is 0 Å². The Labute approximate surface area is 446 Å². The van der Waals surface area contributed by atoms with Gasteiger partial charge in [0.2, 0.25) is 0 Å². The molecule has 0 spiro atoms. The fourth-order valence-corrected chi connectivity index (χ4v) is 13.9. The Balaban J connectivity index is 0.000000528. The molecule has 0 aliphatic heterocycles. The van der Waals surface area contributed by atoms with Gasteiger partial charge in [0.15, 0.2) is 0 Å². The largest absolute Gasteiger partial charge is 2.00 e. The molecule has 6 heteroatoms. The van der Waals surface area contributed by atoms with E-state index in [1.54, 1.807) is 5.57 Å². The fraction of sp³-hybridized carbons (Fsp3) is 0.937. The van der Waals surface area contributed by atoms with Crippen LogP contribution in [0.1, 0.15) is 325 Å². The summed E-state index contributed by atoms with van der Waals surface area (Å²) < 4.78 is 0. The van der Waals surface area contributed by atoms with Gasteiger partial charge in [-0.1, -0.05) is 259 Å². The van der Waals surface area contributed by atoms with E-state index in [1.807, 2.05) is 0 Å². The molecule has 0 unspecified atom stereocenters. The Bertz CT molecular complexity index is 1240. The van der Waals surface area contributed by atoms with Crippen molar-refractivity contribution >= 4 is 35.0 Å². The van der Waals surface area contributed by atoms with Gasteiger partial charge in [0.25, 0.3) is 0 Å². The van der Waals surface area contributed by atoms with E-state index < -0.39 is 11.9 Å². The van der Waals surface area contributed by atoms with Gasteiger partial charge in [-0.25, -0.2) is 0 Å². The predicted molar refractivity (Wildman–Crippen MR) is 294 cm³/mol. The number of aliphatic hydroxyl groups excluding tert-OH is 1. The second-order valence-corrected chi connectivity index (χ2v) is 24.3. The Morgan fingerprint density at radius 2 is 0.957 bits per heavy atom. The Morgan fingerprint density at radius 3 is 1.35 bits per heavy atom.